The molecule has 0 spiro atoms. The highest BCUT2D eigenvalue weighted by Gasteiger charge is 2.02. The summed E-state index contributed by atoms with van der Waals surface area (Å²) in [5.41, 5.74) is 10.9. The smallest absolute Gasteiger partial charge is 0.123 e. The van der Waals surface area contributed by atoms with Crippen molar-refractivity contribution in [3.05, 3.63) is 58.9 Å². The van der Waals surface area contributed by atoms with Crippen LogP contribution in [0.2, 0.25) is 0 Å². The highest BCUT2D eigenvalue weighted by atomic mass is 19.1. The van der Waals surface area contributed by atoms with E-state index in [-0.39, 0.29) is 5.82 Å². The molecule has 3 N–H and O–H groups in total. The van der Waals surface area contributed by atoms with E-state index in [2.05, 4.69) is 5.32 Å². The molecule has 3 heteroatoms. The van der Waals surface area contributed by atoms with Crippen molar-refractivity contribution < 1.29 is 4.39 Å². The van der Waals surface area contributed by atoms with Crippen LogP contribution in [0.4, 0.5) is 15.8 Å². The number of anilines is 2. The van der Waals surface area contributed by atoms with Crippen LogP contribution >= 0.6 is 0 Å². The summed E-state index contributed by atoms with van der Waals surface area (Å²) < 4.78 is 13.0. The summed E-state index contributed by atoms with van der Waals surface area (Å²) in [5.74, 6) is -0.180. The van der Waals surface area contributed by atoms with Gasteiger partial charge in [0.1, 0.15) is 5.82 Å². The summed E-state index contributed by atoms with van der Waals surface area (Å²) in [5, 5.41) is 3.37. The lowest BCUT2D eigenvalue weighted by Gasteiger charge is -2.11. The van der Waals surface area contributed by atoms with Gasteiger partial charge in [-0.3, -0.25) is 0 Å². The van der Waals surface area contributed by atoms with Crippen LogP contribution in [0.15, 0.2) is 36.4 Å². The van der Waals surface area contributed by atoms with Crippen LogP contribution in [0.25, 0.3) is 0 Å². The Labute approximate surface area is 113 Å². The van der Waals surface area contributed by atoms with Crippen molar-refractivity contribution >= 4 is 11.4 Å². The van der Waals surface area contributed by atoms with E-state index in [4.69, 9.17) is 5.73 Å². The molecule has 0 aliphatic heterocycles. The van der Waals surface area contributed by atoms with Gasteiger partial charge >= 0.3 is 0 Å². The number of aryl methyl sites for hydroxylation is 2. The molecule has 0 fully saturated rings. The Morgan fingerprint density at radius 1 is 1.05 bits per heavy atom. The van der Waals surface area contributed by atoms with E-state index in [1.165, 1.54) is 11.6 Å². The summed E-state index contributed by atoms with van der Waals surface area (Å²) >= 11 is 0. The van der Waals surface area contributed by atoms with E-state index in [0.29, 0.717) is 0 Å². The van der Waals surface area contributed by atoms with E-state index >= 15 is 0 Å². The molecule has 2 rings (SSSR count). The zero-order valence-corrected chi connectivity index (χ0v) is 11.3. The molecule has 2 nitrogen and oxygen atoms in total. The van der Waals surface area contributed by atoms with Crippen molar-refractivity contribution in [3.63, 3.8) is 0 Å². The first-order chi connectivity index (χ1) is 9.06. The molecule has 100 valence electrons. The second-order valence-corrected chi connectivity index (χ2v) is 4.82. The highest BCUT2D eigenvalue weighted by Crippen LogP contribution is 2.18. The molecule has 0 aromatic heterocycles. The monoisotopic (exact) mass is 258 g/mol. The molecule has 0 aliphatic carbocycles. The van der Waals surface area contributed by atoms with E-state index in [9.17, 15) is 4.39 Å². The first-order valence-corrected chi connectivity index (χ1v) is 6.41. The SMILES string of the molecule is Cc1cc(F)ccc1CCNc1cc(N)ccc1C. The highest BCUT2D eigenvalue weighted by molar-refractivity contribution is 5.59. The summed E-state index contributed by atoms with van der Waals surface area (Å²) in [6, 6.07) is 10.8. The first kappa shape index (κ1) is 13.4. The largest absolute Gasteiger partial charge is 0.399 e. The Bertz CT molecular complexity index is 579. The van der Waals surface area contributed by atoms with E-state index in [0.717, 1.165) is 35.5 Å². The Balaban J connectivity index is 1.98. The Kier molecular flexibility index (Phi) is 4.05. The molecular weight excluding hydrogens is 239 g/mol. The lowest BCUT2D eigenvalue weighted by molar-refractivity contribution is 0.625. The van der Waals surface area contributed by atoms with Gasteiger partial charge in [0.25, 0.3) is 0 Å². The molecule has 2 aromatic rings. The summed E-state index contributed by atoms with van der Waals surface area (Å²) in [6.45, 7) is 4.78. The first-order valence-electron chi connectivity index (χ1n) is 6.41. The maximum absolute atomic E-state index is 13.0. The second kappa shape index (κ2) is 5.74. The van der Waals surface area contributed by atoms with Gasteiger partial charge < -0.3 is 11.1 Å². The zero-order valence-electron chi connectivity index (χ0n) is 11.3. The van der Waals surface area contributed by atoms with Gasteiger partial charge in [0.15, 0.2) is 0 Å². The topological polar surface area (TPSA) is 38.0 Å². The predicted molar refractivity (Wildman–Crippen MR) is 78.9 cm³/mol. The summed E-state index contributed by atoms with van der Waals surface area (Å²) in [7, 11) is 0. The van der Waals surface area contributed by atoms with Crippen molar-refractivity contribution in [3.8, 4) is 0 Å². The van der Waals surface area contributed by atoms with Crippen molar-refractivity contribution in [1.29, 1.82) is 0 Å². The number of hydrogen-bond donors (Lipinski definition) is 2. The van der Waals surface area contributed by atoms with Crippen LogP contribution in [0.5, 0.6) is 0 Å². The molecule has 0 atom stereocenters. The van der Waals surface area contributed by atoms with Crippen LogP contribution < -0.4 is 11.1 Å². The molecule has 2 aromatic carbocycles. The fraction of sp³-hybridized carbons (Fsp3) is 0.250. The van der Waals surface area contributed by atoms with Gasteiger partial charge in [-0.1, -0.05) is 12.1 Å². The van der Waals surface area contributed by atoms with Crippen LogP contribution in [0.1, 0.15) is 16.7 Å². The van der Waals surface area contributed by atoms with E-state index in [1.807, 2.05) is 38.1 Å². The average molecular weight is 258 g/mol. The molecule has 0 heterocycles. The number of hydrogen-bond acceptors (Lipinski definition) is 2. The third-order valence-electron chi connectivity index (χ3n) is 3.28. The van der Waals surface area contributed by atoms with Crippen LogP contribution in [0.3, 0.4) is 0 Å². The minimum Gasteiger partial charge on any atom is -0.399 e. The summed E-state index contributed by atoms with van der Waals surface area (Å²) in [6.07, 6.45) is 0.861. The van der Waals surface area contributed by atoms with Crippen molar-refractivity contribution in [2.75, 3.05) is 17.6 Å². The molecule has 0 amide bonds. The fourth-order valence-corrected chi connectivity index (χ4v) is 2.10. The number of nitrogen functional groups attached to an aromatic ring is 1. The molecule has 19 heavy (non-hydrogen) atoms. The Morgan fingerprint density at radius 3 is 2.58 bits per heavy atom. The van der Waals surface area contributed by atoms with E-state index in [1.54, 1.807) is 6.07 Å². The van der Waals surface area contributed by atoms with E-state index < -0.39 is 0 Å². The number of halogens is 1. The molecule has 0 saturated carbocycles. The Hall–Kier alpha value is -2.03. The number of rotatable bonds is 4. The van der Waals surface area contributed by atoms with Gasteiger partial charge in [-0.05, 0) is 61.2 Å². The second-order valence-electron chi connectivity index (χ2n) is 4.82. The maximum Gasteiger partial charge on any atom is 0.123 e. The third-order valence-corrected chi connectivity index (χ3v) is 3.28. The maximum atomic E-state index is 13.0. The van der Waals surface area contributed by atoms with Crippen molar-refractivity contribution in [2.24, 2.45) is 0 Å². The number of nitrogens with two attached hydrogens (primary N) is 1. The zero-order chi connectivity index (χ0) is 13.8. The quantitative estimate of drug-likeness (QED) is 0.821. The van der Waals surface area contributed by atoms with Crippen molar-refractivity contribution in [2.45, 2.75) is 20.3 Å². The standard InChI is InChI=1S/C16H19FN2/c1-11-3-6-15(18)10-16(11)19-8-7-13-4-5-14(17)9-12(13)2/h3-6,9-10,19H,7-8,18H2,1-2H3. The summed E-state index contributed by atoms with van der Waals surface area (Å²) in [4.78, 5) is 0. The van der Waals surface area contributed by atoms with Crippen LogP contribution in [-0.4, -0.2) is 6.54 Å². The van der Waals surface area contributed by atoms with Crippen LogP contribution in [-0.2, 0) is 6.42 Å². The van der Waals surface area contributed by atoms with Crippen LogP contribution in [0, 0.1) is 19.7 Å². The van der Waals surface area contributed by atoms with Gasteiger partial charge in [0, 0.05) is 17.9 Å². The molecule has 0 unspecified atom stereocenters. The van der Waals surface area contributed by atoms with Gasteiger partial charge in [-0.25, -0.2) is 4.39 Å². The fourth-order valence-electron chi connectivity index (χ4n) is 2.10. The van der Waals surface area contributed by atoms with Gasteiger partial charge in [0.05, 0.1) is 0 Å². The molecule has 0 radical (unpaired) electrons. The molecular formula is C16H19FN2. The lowest BCUT2D eigenvalue weighted by atomic mass is 10.1. The Morgan fingerprint density at radius 2 is 1.84 bits per heavy atom. The predicted octanol–water partition coefficient (Wildman–Crippen LogP) is 3.68. The minimum atomic E-state index is -0.180. The number of nitrogens with one attached hydrogen (secondary N) is 1. The van der Waals surface area contributed by atoms with Gasteiger partial charge in [-0.15, -0.1) is 0 Å². The van der Waals surface area contributed by atoms with Gasteiger partial charge in [-0.2, -0.15) is 0 Å². The molecule has 0 aliphatic rings. The minimum absolute atomic E-state index is 0.180. The van der Waals surface area contributed by atoms with Gasteiger partial charge in [0.2, 0.25) is 0 Å². The van der Waals surface area contributed by atoms with Crippen molar-refractivity contribution in [1.82, 2.24) is 0 Å². The normalized spacial score (nSPS) is 10.5. The lowest BCUT2D eigenvalue weighted by Crippen LogP contribution is -2.07. The third kappa shape index (κ3) is 3.47. The molecule has 0 saturated heterocycles. The molecule has 0 bridgehead atoms. The number of benzene rings is 2. The average Bonchev–Trinajstić information content (AvgIpc) is 2.36.